The van der Waals surface area contributed by atoms with E-state index in [9.17, 15) is 4.39 Å². The average Bonchev–Trinajstić information content (AvgIpc) is 3.42. The highest BCUT2D eigenvalue weighted by Gasteiger charge is 2.57. The Kier molecular flexibility index (Phi) is 5.99. The lowest BCUT2D eigenvalue weighted by atomic mass is 9.70. The third kappa shape index (κ3) is 3.73. The normalized spacial score (nSPS) is 24.6. The molecule has 2 aromatic carbocycles. The van der Waals surface area contributed by atoms with Crippen molar-refractivity contribution in [3.8, 4) is 5.75 Å². The third-order valence-electron chi connectivity index (χ3n) is 7.28. The maximum Gasteiger partial charge on any atom is 0.133 e. The standard InChI is InChI=1S/C26H30FN3OS/c1-31-22-13-9-20(10-14-22)28-24-23(29-17-5-6-18-29)26(15-3-2-4-16-26)25(32)30(24)21-11-7-19(27)8-12-21/h7-14,23H,2-6,15-18H2,1H3/t23-/m1/s1. The Bertz CT molecular complexity index is 993. The van der Waals surface area contributed by atoms with E-state index < -0.39 is 0 Å². The number of nitrogens with zero attached hydrogens (tertiary/aromatic N) is 3. The van der Waals surface area contributed by atoms with Crippen LogP contribution in [0.1, 0.15) is 44.9 Å². The number of halogens is 1. The van der Waals surface area contributed by atoms with Gasteiger partial charge in [-0.3, -0.25) is 9.80 Å². The van der Waals surface area contributed by atoms with Crippen molar-refractivity contribution in [1.82, 2.24) is 4.90 Å². The maximum atomic E-state index is 13.8. The van der Waals surface area contributed by atoms with Crippen LogP contribution in [0.5, 0.6) is 5.75 Å². The molecule has 3 aliphatic rings. The highest BCUT2D eigenvalue weighted by Crippen LogP contribution is 2.50. The van der Waals surface area contributed by atoms with Crippen LogP contribution in [0.3, 0.4) is 0 Å². The molecular formula is C26H30FN3OS. The second kappa shape index (κ2) is 8.91. The van der Waals surface area contributed by atoms with E-state index in [4.69, 9.17) is 21.9 Å². The Morgan fingerprint density at radius 1 is 0.938 bits per heavy atom. The zero-order chi connectivity index (χ0) is 22.1. The molecule has 4 nitrogen and oxygen atoms in total. The number of aliphatic imine (C=N–C) groups is 1. The van der Waals surface area contributed by atoms with Crippen molar-refractivity contribution < 1.29 is 9.13 Å². The second-order valence-corrected chi connectivity index (χ2v) is 9.53. The summed E-state index contributed by atoms with van der Waals surface area (Å²) in [5.41, 5.74) is 1.69. The molecule has 2 aromatic rings. The Balaban J connectivity index is 1.66. The fourth-order valence-corrected chi connectivity index (χ4v) is 6.25. The molecular weight excluding hydrogens is 421 g/mol. The average molecular weight is 452 g/mol. The fraction of sp³-hybridized carbons (Fsp3) is 0.462. The molecule has 1 spiro atoms. The Morgan fingerprint density at radius 3 is 2.22 bits per heavy atom. The molecule has 0 bridgehead atoms. The highest BCUT2D eigenvalue weighted by atomic mass is 32.1. The first-order valence-corrected chi connectivity index (χ1v) is 12.1. The Hall–Kier alpha value is -2.31. The van der Waals surface area contributed by atoms with Gasteiger partial charge >= 0.3 is 0 Å². The van der Waals surface area contributed by atoms with Crippen LogP contribution in [0.2, 0.25) is 0 Å². The van der Waals surface area contributed by atoms with Gasteiger partial charge in [0.2, 0.25) is 0 Å². The lowest BCUT2D eigenvalue weighted by molar-refractivity contribution is 0.155. The van der Waals surface area contributed by atoms with Crippen LogP contribution in [0.15, 0.2) is 53.5 Å². The van der Waals surface area contributed by atoms with E-state index in [1.165, 1.54) is 44.2 Å². The molecule has 1 atom stereocenters. The molecule has 2 aliphatic heterocycles. The number of rotatable bonds is 4. The molecule has 2 heterocycles. The number of likely N-dealkylation sites (tertiary alicyclic amines) is 1. The summed E-state index contributed by atoms with van der Waals surface area (Å²) in [6.45, 7) is 2.15. The molecule has 0 amide bonds. The van der Waals surface area contributed by atoms with Gasteiger partial charge in [0.1, 0.15) is 17.4 Å². The molecule has 0 aromatic heterocycles. The van der Waals surface area contributed by atoms with Gasteiger partial charge in [-0.25, -0.2) is 9.38 Å². The van der Waals surface area contributed by atoms with Crippen LogP contribution >= 0.6 is 12.2 Å². The molecule has 168 valence electrons. The van der Waals surface area contributed by atoms with Crippen LogP contribution in [0, 0.1) is 11.2 Å². The van der Waals surface area contributed by atoms with Gasteiger partial charge in [-0.15, -0.1) is 0 Å². The topological polar surface area (TPSA) is 28.1 Å². The smallest absolute Gasteiger partial charge is 0.133 e. The van der Waals surface area contributed by atoms with Gasteiger partial charge in [0, 0.05) is 11.1 Å². The molecule has 2 saturated heterocycles. The summed E-state index contributed by atoms with van der Waals surface area (Å²) >= 11 is 6.24. The first-order chi connectivity index (χ1) is 15.6. The van der Waals surface area contributed by atoms with Crippen molar-refractivity contribution in [3.05, 3.63) is 54.3 Å². The number of hydrogen-bond acceptors (Lipinski definition) is 4. The summed E-state index contributed by atoms with van der Waals surface area (Å²) in [5, 5.41) is 0. The molecule has 5 rings (SSSR count). The summed E-state index contributed by atoms with van der Waals surface area (Å²) in [5.74, 6) is 1.55. The number of methoxy groups -OCH3 is 1. The molecule has 6 heteroatoms. The van der Waals surface area contributed by atoms with E-state index in [0.29, 0.717) is 0 Å². The Labute approximate surface area is 195 Å². The quantitative estimate of drug-likeness (QED) is 0.523. The third-order valence-corrected chi connectivity index (χ3v) is 7.87. The predicted molar refractivity (Wildman–Crippen MR) is 132 cm³/mol. The lowest BCUT2D eigenvalue weighted by Crippen LogP contribution is -2.49. The van der Waals surface area contributed by atoms with Crippen LogP contribution < -0.4 is 9.64 Å². The molecule has 1 aliphatic carbocycles. The minimum Gasteiger partial charge on any atom is -0.497 e. The summed E-state index contributed by atoms with van der Waals surface area (Å²) in [4.78, 5) is 10.9. The number of hydrogen-bond donors (Lipinski definition) is 0. The van der Waals surface area contributed by atoms with Crippen molar-refractivity contribution in [2.75, 3.05) is 25.1 Å². The molecule has 0 unspecified atom stereocenters. The molecule has 0 N–H and O–H groups in total. The van der Waals surface area contributed by atoms with Crippen molar-refractivity contribution >= 4 is 34.4 Å². The zero-order valence-corrected chi connectivity index (χ0v) is 19.4. The Morgan fingerprint density at radius 2 is 1.59 bits per heavy atom. The van der Waals surface area contributed by atoms with Gasteiger partial charge in [0.25, 0.3) is 0 Å². The number of anilines is 1. The monoisotopic (exact) mass is 451 g/mol. The van der Waals surface area contributed by atoms with E-state index in [2.05, 4.69) is 9.80 Å². The number of ether oxygens (including phenoxy) is 1. The van der Waals surface area contributed by atoms with Crippen molar-refractivity contribution in [3.63, 3.8) is 0 Å². The largest absolute Gasteiger partial charge is 0.497 e. The number of amidine groups is 1. The molecule has 3 fully saturated rings. The van der Waals surface area contributed by atoms with Crippen LogP contribution in [-0.4, -0.2) is 42.0 Å². The van der Waals surface area contributed by atoms with E-state index in [1.54, 1.807) is 7.11 Å². The van der Waals surface area contributed by atoms with Gasteiger partial charge in [-0.05, 0) is 87.3 Å². The van der Waals surface area contributed by atoms with Gasteiger partial charge in [0.15, 0.2) is 0 Å². The van der Waals surface area contributed by atoms with E-state index >= 15 is 0 Å². The van der Waals surface area contributed by atoms with Gasteiger partial charge in [-0.2, -0.15) is 0 Å². The summed E-state index contributed by atoms with van der Waals surface area (Å²) in [7, 11) is 1.67. The SMILES string of the molecule is COc1ccc(N=C2[C@@H](N3CCCC3)C3(CCCCC3)C(=S)N2c2ccc(F)cc2)cc1. The van der Waals surface area contributed by atoms with Gasteiger partial charge in [-0.1, -0.05) is 31.5 Å². The predicted octanol–water partition coefficient (Wildman–Crippen LogP) is 6.13. The summed E-state index contributed by atoms with van der Waals surface area (Å²) < 4.78 is 19.1. The summed E-state index contributed by atoms with van der Waals surface area (Å²) in [6.07, 6.45) is 8.25. The van der Waals surface area contributed by atoms with Crippen LogP contribution in [-0.2, 0) is 0 Å². The summed E-state index contributed by atoms with van der Waals surface area (Å²) in [6, 6.07) is 14.7. The van der Waals surface area contributed by atoms with Gasteiger partial charge in [0.05, 0.1) is 23.8 Å². The van der Waals surface area contributed by atoms with E-state index in [-0.39, 0.29) is 17.3 Å². The molecule has 1 saturated carbocycles. The first kappa shape index (κ1) is 21.5. The zero-order valence-electron chi connectivity index (χ0n) is 18.6. The van der Waals surface area contributed by atoms with Crippen LogP contribution in [0.25, 0.3) is 0 Å². The van der Waals surface area contributed by atoms with Crippen LogP contribution in [0.4, 0.5) is 15.8 Å². The second-order valence-electron chi connectivity index (χ2n) is 9.15. The number of benzene rings is 2. The van der Waals surface area contributed by atoms with Crippen molar-refractivity contribution in [2.24, 2.45) is 10.4 Å². The minimum absolute atomic E-state index is 0.0857. The molecule has 0 radical (unpaired) electrons. The van der Waals surface area contributed by atoms with E-state index in [1.807, 2.05) is 36.4 Å². The fourth-order valence-electron chi connectivity index (χ4n) is 5.74. The highest BCUT2D eigenvalue weighted by molar-refractivity contribution is 7.80. The van der Waals surface area contributed by atoms with E-state index in [0.717, 1.165) is 53.9 Å². The van der Waals surface area contributed by atoms with Crippen molar-refractivity contribution in [1.29, 1.82) is 0 Å². The first-order valence-electron chi connectivity index (χ1n) is 11.7. The maximum absolute atomic E-state index is 13.8. The van der Waals surface area contributed by atoms with Crippen molar-refractivity contribution in [2.45, 2.75) is 51.0 Å². The minimum atomic E-state index is -0.240. The number of thiocarbonyl (C=S) groups is 1. The lowest BCUT2D eigenvalue weighted by Gasteiger charge is -2.41. The molecule has 32 heavy (non-hydrogen) atoms. The van der Waals surface area contributed by atoms with Gasteiger partial charge < -0.3 is 4.74 Å².